The van der Waals surface area contributed by atoms with Gasteiger partial charge in [-0.1, -0.05) is 12.8 Å². The summed E-state index contributed by atoms with van der Waals surface area (Å²) >= 11 is 0. The number of hydrogen-bond donors (Lipinski definition) is 2. The maximum absolute atomic E-state index is 11.0. The van der Waals surface area contributed by atoms with Gasteiger partial charge in [-0.05, 0) is 31.0 Å². The van der Waals surface area contributed by atoms with Crippen LogP contribution in [-0.2, 0) is 0 Å². The third-order valence-corrected chi connectivity index (χ3v) is 5.29. The Labute approximate surface area is 126 Å². The van der Waals surface area contributed by atoms with Crippen LogP contribution >= 0.6 is 0 Å². The molecule has 4 nitrogen and oxygen atoms in total. The Bertz CT molecular complexity index is 501. The topological polar surface area (TPSA) is 55.3 Å². The number of benzene rings is 1. The summed E-state index contributed by atoms with van der Waals surface area (Å²) in [5.41, 5.74) is 0.767. The fraction of sp³-hybridized carbons (Fsp3) is 0.647. The molecule has 4 heteroatoms. The molecule has 0 spiro atoms. The van der Waals surface area contributed by atoms with Crippen LogP contribution in [0.5, 0.6) is 11.5 Å². The molecule has 0 amide bonds. The molecule has 1 saturated heterocycles. The van der Waals surface area contributed by atoms with Crippen LogP contribution in [0.4, 0.5) is 0 Å². The van der Waals surface area contributed by atoms with Gasteiger partial charge in [-0.15, -0.1) is 0 Å². The first kappa shape index (κ1) is 14.7. The average molecular weight is 292 g/mol. The van der Waals surface area contributed by atoms with E-state index in [2.05, 4.69) is 17.4 Å². The molecule has 1 aromatic rings. The van der Waals surface area contributed by atoms with Crippen molar-refractivity contribution >= 4 is 0 Å². The van der Waals surface area contributed by atoms with Crippen molar-refractivity contribution in [3.05, 3.63) is 23.8 Å². The molecule has 21 heavy (non-hydrogen) atoms. The summed E-state index contributed by atoms with van der Waals surface area (Å²) in [5, 5.41) is 13.4. The maximum atomic E-state index is 11.0. The van der Waals surface area contributed by atoms with Crippen molar-refractivity contribution < 1.29 is 19.9 Å². The van der Waals surface area contributed by atoms with Crippen molar-refractivity contribution in [3.63, 3.8) is 0 Å². The Hall–Kier alpha value is -1.26. The lowest BCUT2D eigenvalue weighted by molar-refractivity contribution is -0.719. The monoisotopic (exact) mass is 292 g/mol. The number of fused-ring (bicyclic) bond motifs is 1. The number of methoxy groups -OCH3 is 2. The predicted octanol–water partition coefficient (Wildman–Crippen LogP) is 1.63. The minimum absolute atomic E-state index is 0.323. The minimum atomic E-state index is -0.467. The number of aliphatic hydroxyl groups is 1. The van der Waals surface area contributed by atoms with E-state index >= 15 is 0 Å². The van der Waals surface area contributed by atoms with Gasteiger partial charge in [-0.25, -0.2) is 0 Å². The van der Waals surface area contributed by atoms with Crippen molar-refractivity contribution in [1.29, 1.82) is 0 Å². The highest BCUT2D eigenvalue weighted by atomic mass is 16.5. The van der Waals surface area contributed by atoms with E-state index < -0.39 is 5.60 Å². The molecule has 3 rings (SSSR count). The van der Waals surface area contributed by atoms with E-state index in [4.69, 9.17) is 9.47 Å². The van der Waals surface area contributed by atoms with Crippen LogP contribution in [0.25, 0.3) is 0 Å². The van der Waals surface area contributed by atoms with Gasteiger partial charge in [-0.2, -0.15) is 0 Å². The molecule has 0 bridgehead atoms. The summed E-state index contributed by atoms with van der Waals surface area (Å²) in [4.78, 5) is 0. The first-order chi connectivity index (χ1) is 10.2. The van der Waals surface area contributed by atoms with Gasteiger partial charge in [-0.3, -0.25) is 0 Å². The van der Waals surface area contributed by atoms with Crippen LogP contribution < -0.4 is 14.8 Å². The van der Waals surface area contributed by atoms with Gasteiger partial charge in [0.1, 0.15) is 6.04 Å². The van der Waals surface area contributed by atoms with Gasteiger partial charge in [0.15, 0.2) is 11.5 Å². The minimum Gasteiger partial charge on any atom is -0.493 e. The van der Waals surface area contributed by atoms with Crippen LogP contribution in [0.15, 0.2) is 18.2 Å². The molecular formula is C17H26NO3+. The molecule has 2 fully saturated rings. The lowest BCUT2D eigenvalue weighted by atomic mass is 9.67. The Morgan fingerprint density at radius 2 is 1.95 bits per heavy atom. The van der Waals surface area contributed by atoms with Gasteiger partial charge < -0.3 is 19.9 Å². The molecule has 116 valence electrons. The quantitative estimate of drug-likeness (QED) is 0.890. The smallest absolute Gasteiger partial charge is 0.161 e. The molecule has 1 aliphatic carbocycles. The molecule has 1 aliphatic heterocycles. The Morgan fingerprint density at radius 3 is 2.71 bits per heavy atom. The van der Waals surface area contributed by atoms with Crippen molar-refractivity contribution in [3.8, 4) is 11.5 Å². The van der Waals surface area contributed by atoms with Crippen LogP contribution in [0.2, 0.25) is 0 Å². The Kier molecular flexibility index (Phi) is 4.09. The molecule has 3 atom stereocenters. The van der Waals surface area contributed by atoms with Crippen LogP contribution in [0.1, 0.15) is 43.7 Å². The van der Waals surface area contributed by atoms with Gasteiger partial charge >= 0.3 is 0 Å². The van der Waals surface area contributed by atoms with E-state index in [1.807, 2.05) is 6.07 Å². The second-order valence-electron chi connectivity index (χ2n) is 6.37. The third kappa shape index (κ3) is 2.62. The molecular weight excluding hydrogens is 266 g/mol. The highest BCUT2D eigenvalue weighted by molar-refractivity contribution is 5.43. The summed E-state index contributed by atoms with van der Waals surface area (Å²) < 4.78 is 10.7. The van der Waals surface area contributed by atoms with E-state index in [1.54, 1.807) is 14.2 Å². The second-order valence-corrected chi connectivity index (χ2v) is 6.37. The number of nitrogens with two attached hydrogens (primary N) is 1. The molecule has 1 saturated carbocycles. The van der Waals surface area contributed by atoms with Crippen LogP contribution in [-0.4, -0.2) is 31.5 Å². The highest BCUT2D eigenvalue weighted by Crippen LogP contribution is 2.44. The van der Waals surface area contributed by atoms with Crippen molar-refractivity contribution in [1.82, 2.24) is 0 Å². The van der Waals surface area contributed by atoms with Gasteiger partial charge in [0.05, 0.1) is 26.4 Å². The van der Waals surface area contributed by atoms with Gasteiger partial charge in [0.25, 0.3) is 0 Å². The van der Waals surface area contributed by atoms with Crippen molar-refractivity contribution in [2.24, 2.45) is 5.92 Å². The van der Waals surface area contributed by atoms with E-state index in [9.17, 15) is 5.11 Å². The summed E-state index contributed by atoms with van der Waals surface area (Å²) in [6, 6.07) is 6.48. The van der Waals surface area contributed by atoms with Crippen LogP contribution in [0, 0.1) is 5.92 Å². The summed E-state index contributed by atoms with van der Waals surface area (Å²) in [7, 11) is 3.33. The van der Waals surface area contributed by atoms with Crippen LogP contribution in [0.3, 0.4) is 0 Å². The predicted molar refractivity (Wildman–Crippen MR) is 80.6 cm³/mol. The number of quaternary nitrogens is 1. The lowest BCUT2D eigenvalue weighted by Crippen LogP contribution is -2.91. The molecule has 0 radical (unpaired) electrons. The second kappa shape index (κ2) is 5.85. The summed E-state index contributed by atoms with van der Waals surface area (Å²) in [6.45, 7) is 0.992. The molecule has 3 N–H and O–H groups in total. The first-order valence-corrected chi connectivity index (χ1v) is 7.95. The van der Waals surface area contributed by atoms with Crippen molar-refractivity contribution in [2.45, 2.75) is 43.7 Å². The molecule has 1 heterocycles. The maximum Gasteiger partial charge on any atom is 0.161 e. The zero-order valence-electron chi connectivity index (χ0n) is 13.0. The van der Waals surface area contributed by atoms with Gasteiger partial charge in [0.2, 0.25) is 0 Å². The zero-order chi connectivity index (χ0) is 14.9. The Morgan fingerprint density at radius 1 is 1.14 bits per heavy atom. The fourth-order valence-corrected chi connectivity index (χ4v) is 4.18. The first-order valence-electron chi connectivity index (χ1n) is 7.95. The normalized spacial score (nSPS) is 32.3. The van der Waals surface area contributed by atoms with E-state index in [0.29, 0.717) is 12.0 Å². The van der Waals surface area contributed by atoms with E-state index in [0.717, 1.165) is 43.7 Å². The lowest BCUT2D eigenvalue weighted by Gasteiger charge is -2.46. The number of rotatable bonds is 3. The standard InChI is InChI=1S/C17H25NO3/c1-20-14-7-6-12(11-15(14)21-2)16-13-5-3-4-8-17(13,19)9-10-18-16/h6-7,11,13,16,18-19H,3-5,8-10H2,1-2H3/p+1. The summed E-state index contributed by atoms with van der Waals surface area (Å²) in [5.74, 6) is 1.88. The summed E-state index contributed by atoms with van der Waals surface area (Å²) in [6.07, 6.45) is 5.37. The largest absolute Gasteiger partial charge is 0.493 e. The SMILES string of the molecule is COc1ccc(C2[NH2+]CCC3(O)CCCCC23)cc1OC. The van der Waals surface area contributed by atoms with Crippen molar-refractivity contribution in [2.75, 3.05) is 20.8 Å². The molecule has 1 aromatic carbocycles. The van der Waals surface area contributed by atoms with Gasteiger partial charge in [0, 0.05) is 17.9 Å². The molecule has 3 unspecified atom stereocenters. The fourth-order valence-electron chi connectivity index (χ4n) is 4.18. The van der Waals surface area contributed by atoms with E-state index in [-0.39, 0.29) is 0 Å². The number of piperidine rings is 1. The highest BCUT2D eigenvalue weighted by Gasteiger charge is 2.48. The van der Waals surface area contributed by atoms with E-state index in [1.165, 1.54) is 12.0 Å². The average Bonchev–Trinajstić information content (AvgIpc) is 2.53. The molecule has 0 aromatic heterocycles. The number of ether oxygens (including phenoxy) is 2. The number of hydrogen-bond acceptors (Lipinski definition) is 3. The third-order valence-electron chi connectivity index (χ3n) is 5.29. The zero-order valence-corrected chi connectivity index (χ0v) is 13.0. The Balaban J connectivity index is 1.91. The molecule has 2 aliphatic rings.